The predicted molar refractivity (Wildman–Crippen MR) is 102 cm³/mol. The molecule has 1 unspecified atom stereocenters. The third kappa shape index (κ3) is 4.38. The van der Waals surface area contributed by atoms with E-state index in [0.29, 0.717) is 25.1 Å². The number of alkyl halides is 3. The van der Waals surface area contributed by atoms with Crippen molar-refractivity contribution in [2.45, 2.75) is 32.0 Å². The van der Waals surface area contributed by atoms with Crippen LogP contribution in [0.3, 0.4) is 0 Å². The van der Waals surface area contributed by atoms with Crippen LogP contribution in [0.15, 0.2) is 48.5 Å². The van der Waals surface area contributed by atoms with Crippen molar-refractivity contribution >= 4 is 12.0 Å². The van der Waals surface area contributed by atoms with Crippen LogP contribution in [0.2, 0.25) is 0 Å². The number of amides is 1. The lowest BCUT2D eigenvalue weighted by molar-refractivity contribution is -0.139. The Kier molecular flexibility index (Phi) is 5.77. The summed E-state index contributed by atoms with van der Waals surface area (Å²) in [5.74, 6) is 0.0523. The van der Waals surface area contributed by atoms with Crippen LogP contribution in [0.25, 0.3) is 6.08 Å². The number of nitrogens with zero attached hydrogens (tertiary/aromatic N) is 1. The molecular weight excluding hydrogens is 367 g/mol. The summed E-state index contributed by atoms with van der Waals surface area (Å²) in [6.45, 7) is 2.40. The lowest BCUT2D eigenvalue weighted by Crippen LogP contribution is -2.30. The summed E-state index contributed by atoms with van der Waals surface area (Å²) in [4.78, 5) is 14.2. The highest BCUT2D eigenvalue weighted by atomic mass is 19.4. The molecule has 3 rings (SSSR count). The number of hydrogen-bond donors (Lipinski definition) is 0. The second-order valence-electron chi connectivity index (χ2n) is 6.88. The molecule has 6 heteroatoms. The topological polar surface area (TPSA) is 29.5 Å². The van der Waals surface area contributed by atoms with Gasteiger partial charge in [0.2, 0.25) is 5.91 Å². The molecule has 0 aliphatic carbocycles. The average molecular weight is 389 g/mol. The molecule has 0 bridgehead atoms. The maximum atomic E-state index is 13.5. The normalized spacial score (nSPS) is 17.3. The van der Waals surface area contributed by atoms with Gasteiger partial charge in [-0.05, 0) is 55.2 Å². The molecular formula is C22H22F3NO2. The Morgan fingerprint density at radius 3 is 2.54 bits per heavy atom. The molecule has 28 heavy (non-hydrogen) atoms. The summed E-state index contributed by atoms with van der Waals surface area (Å²) >= 11 is 0. The molecule has 1 aliphatic heterocycles. The molecule has 2 aromatic carbocycles. The summed E-state index contributed by atoms with van der Waals surface area (Å²) in [5, 5.41) is 0. The molecule has 1 saturated heterocycles. The molecule has 1 fully saturated rings. The third-order valence-electron chi connectivity index (χ3n) is 4.95. The van der Waals surface area contributed by atoms with Gasteiger partial charge < -0.3 is 9.64 Å². The van der Waals surface area contributed by atoms with Gasteiger partial charge in [-0.25, -0.2) is 0 Å². The van der Waals surface area contributed by atoms with Crippen LogP contribution in [-0.4, -0.2) is 24.5 Å². The SMILES string of the molecule is COc1ccc(C(F)(F)F)c(C2CCCN2C(=O)/C=C/c2ccc(C)cc2)c1. The van der Waals surface area contributed by atoms with Crippen molar-refractivity contribution < 1.29 is 22.7 Å². The molecule has 0 radical (unpaired) electrons. The Morgan fingerprint density at radius 1 is 1.18 bits per heavy atom. The van der Waals surface area contributed by atoms with Crippen LogP contribution in [0.4, 0.5) is 13.2 Å². The fourth-order valence-electron chi connectivity index (χ4n) is 3.50. The predicted octanol–water partition coefficient (Wildman–Crippen LogP) is 5.40. The van der Waals surface area contributed by atoms with Gasteiger partial charge in [0.05, 0.1) is 18.7 Å². The van der Waals surface area contributed by atoms with Crippen LogP contribution in [0.5, 0.6) is 5.75 Å². The monoisotopic (exact) mass is 389 g/mol. The largest absolute Gasteiger partial charge is 0.497 e. The van der Waals surface area contributed by atoms with Crippen LogP contribution in [0.1, 0.15) is 41.1 Å². The Balaban J connectivity index is 1.88. The Morgan fingerprint density at radius 2 is 1.89 bits per heavy atom. The molecule has 0 spiro atoms. The minimum Gasteiger partial charge on any atom is -0.497 e. The maximum Gasteiger partial charge on any atom is 0.416 e. The number of halogens is 3. The van der Waals surface area contributed by atoms with Crippen LogP contribution in [0, 0.1) is 6.92 Å². The molecule has 0 saturated carbocycles. The Labute approximate surface area is 162 Å². The fourth-order valence-corrected chi connectivity index (χ4v) is 3.50. The average Bonchev–Trinajstić information content (AvgIpc) is 3.16. The Hall–Kier alpha value is -2.76. The molecule has 1 aliphatic rings. The number of benzene rings is 2. The van der Waals surface area contributed by atoms with Crippen molar-refractivity contribution in [2.75, 3.05) is 13.7 Å². The first-order chi connectivity index (χ1) is 13.3. The van der Waals surface area contributed by atoms with E-state index in [1.165, 1.54) is 30.2 Å². The number of carbonyl (C=O) groups excluding carboxylic acids is 1. The van der Waals surface area contributed by atoms with Gasteiger partial charge in [0.1, 0.15) is 5.75 Å². The zero-order valence-corrected chi connectivity index (χ0v) is 15.8. The summed E-state index contributed by atoms with van der Waals surface area (Å²) in [5.41, 5.74) is 1.34. The molecule has 0 aromatic heterocycles. The van der Waals surface area contributed by atoms with Gasteiger partial charge in [-0.2, -0.15) is 13.2 Å². The first-order valence-electron chi connectivity index (χ1n) is 9.10. The van der Waals surface area contributed by atoms with Crippen molar-refractivity contribution in [1.82, 2.24) is 4.90 Å². The van der Waals surface area contributed by atoms with Crippen molar-refractivity contribution in [2.24, 2.45) is 0 Å². The zero-order valence-electron chi connectivity index (χ0n) is 15.8. The van der Waals surface area contributed by atoms with E-state index in [2.05, 4.69) is 0 Å². The molecule has 1 atom stereocenters. The van der Waals surface area contributed by atoms with Crippen LogP contribution >= 0.6 is 0 Å². The van der Waals surface area contributed by atoms with E-state index in [0.717, 1.165) is 17.2 Å². The standard InChI is InChI=1S/C22H22F3NO2/c1-15-5-7-16(8-6-15)9-12-21(27)26-13-3-4-20(26)18-14-17(28-2)10-11-19(18)22(23,24)25/h5-12,14,20H,3-4,13H2,1-2H3/b12-9+. The molecule has 2 aromatic rings. The zero-order chi connectivity index (χ0) is 20.3. The van der Waals surface area contributed by atoms with Gasteiger partial charge in [-0.3, -0.25) is 4.79 Å². The fraction of sp³-hybridized carbons (Fsp3) is 0.318. The minimum absolute atomic E-state index is 0.0847. The van der Waals surface area contributed by atoms with E-state index in [-0.39, 0.29) is 11.5 Å². The second kappa shape index (κ2) is 8.09. The van der Waals surface area contributed by atoms with E-state index in [4.69, 9.17) is 4.74 Å². The van der Waals surface area contributed by atoms with Gasteiger partial charge in [0.25, 0.3) is 0 Å². The van der Waals surface area contributed by atoms with E-state index >= 15 is 0 Å². The number of rotatable bonds is 4. The Bertz CT molecular complexity index is 872. The number of hydrogen-bond acceptors (Lipinski definition) is 2. The second-order valence-corrected chi connectivity index (χ2v) is 6.88. The number of aryl methyl sites for hydroxylation is 1. The van der Waals surface area contributed by atoms with Gasteiger partial charge >= 0.3 is 6.18 Å². The van der Waals surface area contributed by atoms with Crippen LogP contribution in [-0.2, 0) is 11.0 Å². The number of carbonyl (C=O) groups is 1. The minimum atomic E-state index is -4.49. The molecule has 0 N–H and O–H groups in total. The van der Waals surface area contributed by atoms with Gasteiger partial charge in [-0.1, -0.05) is 29.8 Å². The van der Waals surface area contributed by atoms with E-state index < -0.39 is 17.8 Å². The van der Waals surface area contributed by atoms with Gasteiger partial charge in [0, 0.05) is 12.6 Å². The first kappa shape index (κ1) is 20.0. The summed E-state index contributed by atoms with van der Waals surface area (Å²) in [6, 6.07) is 10.8. The van der Waals surface area contributed by atoms with Crippen molar-refractivity contribution in [3.05, 3.63) is 70.8 Å². The quantitative estimate of drug-likeness (QED) is 0.656. The lowest BCUT2D eigenvalue weighted by atomic mass is 9.97. The molecule has 148 valence electrons. The van der Waals surface area contributed by atoms with E-state index in [9.17, 15) is 18.0 Å². The van der Waals surface area contributed by atoms with E-state index in [1.807, 2.05) is 31.2 Å². The molecule has 1 heterocycles. The van der Waals surface area contributed by atoms with Gasteiger partial charge in [0.15, 0.2) is 0 Å². The summed E-state index contributed by atoms with van der Waals surface area (Å²) in [6.07, 6.45) is -0.232. The van der Waals surface area contributed by atoms with Crippen LogP contribution < -0.4 is 4.74 Å². The maximum absolute atomic E-state index is 13.5. The number of ether oxygens (including phenoxy) is 1. The van der Waals surface area contributed by atoms with Gasteiger partial charge in [-0.15, -0.1) is 0 Å². The smallest absolute Gasteiger partial charge is 0.416 e. The van der Waals surface area contributed by atoms with Crippen molar-refractivity contribution in [3.63, 3.8) is 0 Å². The number of methoxy groups -OCH3 is 1. The highest BCUT2D eigenvalue weighted by molar-refractivity contribution is 5.92. The first-order valence-corrected chi connectivity index (χ1v) is 9.10. The van der Waals surface area contributed by atoms with Crippen molar-refractivity contribution in [3.8, 4) is 5.75 Å². The van der Waals surface area contributed by atoms with Crippen molar-refractivity contribution in [1.29, 1.82) is 0 Å². The molecule has 3 nitrogen and oxygen atoms in total. The van der Waals surface area contributed by atoms with E-state index in [1.54, 1.807) is 6.08 Å². The third-order valence-corrected chi connectivity index (χ3v) is 4.95. The highest BCUT2D eigenvalue weighted by Crippen LogP contribution is 2.42. The molecule has 1 amide bonds. The highest BCUT2D eigenvalue weighted by Gasteiger charge is 2.39. The summed E-state index contributed by atoms with van der Waals surface area (Å²) < 4.78 is 45.6. The summed E-state index contributed by atoms with van der Waals surface area (Å²) in [7, 11) is 1.41. The lowest BCUT2D eigenvalue weighted by Gasteiger charge is -2.27. The number of likely N-dealkylation sites (tertiary alicyclic amines) is 1.